The molecule has 0 aromatic rings. The first-order valence-electron chi connectivity index (χ1n) is 6.31. The molecule has 3 aliphatic carbocycles. The molecule has 6 atom stereocenters. The van der Waals surface area contributed by atoms with Crippen LogP contribution in [0, 0.1) is 29.1 Å². The molecule has 0 aromatic carbocycles. The highest BCUT2D eigenvalue weighted by atomic mass is 16.3. The maximum atomic E-state index is 9.91. The third-order valence-corrected chi connectivity index (χ3v) is 5.63. The molecule has 0 aromatic heterocycles. The van der Waals surface area contributed by atoms with E-state index in [2.05, 4.69) is 13.8 Å². The Hall–Kier alpha value is -0.0400. The fourth-order valence-corrected chi connectivity index (χ4v) is 4.70. The van der Waals surface area contributed by atoms with E-state index < -0.39 is 0 Å². The van der Waals surface area contributed by atoms with Gasteiger partial charge in [0, 0.05) is 0 Å². The molecule has 0 heterocycles. The Balaban J connectivity index is 1.83. The van der Waals surface area contributed by atoms with Gasteiger partial charge in [0.25, 0.3) is 0 Å². The molecule has 1 nitrogen and oxygen atoms in total. The fourth-order valence-electron chi connectivity index (χ4n) is 4.70. The Labute approximate surface area is 86.9 Å². The minimum Gasteiger partial charge on any atom is -0.393 e. The normalized spacial score (nSPS) is 60.6. The summed E-state index contributed by atoms with van der Waals surface area (Å²) in [6, 6.07) is 0. The summed E-state index contributed by atoms with van der Waals surface area (Å²) >= 11 is 0. The van der Waals surface area contributed by atoms with Gasteiger partial charge in [-0.15, -0.1) is 0 Å². The highest BCUT2D eigenvalue weighted by molar-refractivity contribution is 5.07. The van der Waals surface area contributed by atoms with Crippen molar-refractivity contribution < 1.29 is 5.11 Å². The van der Waals surface area contributed by atoms with Crippen LogP contribution in [-0.2, 0) is 0 Å². The third-order valence-electron chi connectivity index (χ3n) is 5.63. The van der Waals surface area contributed by atoms with Crippen molar-refractivity contribution in [2.45, 2.75) is 52.1 Å². The van der Waals surface area contributed by atoms with Crippen molar-refractivity contribution in [2.75, 3.05) is 0 Å². The number of fused-ring (bicyclic) bond motifs is 5. The van der Waals surface area contributed by atoms with Crippen LogP contribution in [0.1, 0.15) is 46.0 Å². The van der Waals surface area contributed by atoms with Gasteiger partial charge in [-0.3, -0.25) is 0 Å². The van der Waals surface area contributed by atoms with Gasteiger partial charge in [-0.25, -0.2) is 0 Å². The van der Waals surface area contributed by atoms with Gasteiger partial charge >= 0.3 is 0 Å². The van der Waals surface area contributed by atoms with Crippen LogP contribution in [0.25, 0.3) is 0 Å². The van der Waals surface area contributed by atoms with Crippen LogP contribution in [0.2, 0.25) is 0 Å². The molecular formula is C13H22O. The lowest BCUT2D eigenvalue weighted by Crippen LogP contribution is -2.27. The smallest absolute Gasteiger partial charge is 0.0574 e. The van der Waals surface area contributed by atoms with Crippen LogP contribution in [0.5, 0.6) is 0 Å². The second-order valence-corrected chi connectivity index (χ2v) is 6.36. The van der Waals surface area contributed by atoms with Gasteiger partial charge in [-0.1, -0.05) is 20.3 Å². The molecule has 0 saturated heterocycles. The van der Waals surface area contributed by atoms with Gasteiger partial charge in [0.2, 0.25) is 0 Å². The zero-order chi connectivity index (χ0) is 9.92. The molecule has 80 valence electrons. The lowest BCUT2D eigenvalue weighted by molar-refractivity contribution is 0.0636. The Kier molecular flexibility index (Phi) is 1.81. The van der Waals surface area contributed by atoms with Gasteiger partial charge < -0.3 is 5.11 Å². The number of rotatable bonds is 1. The quantitative estimate of drug-likeness (QED) is 0.680. The lowest BCUT2D eigenvalue weighted by atomic mass is 9.80. The second kappa shape index (κ2) is 2.75. The van der Waals surface area contributed by atoms with Crippen molar-refractivity contribution in [1.82, 2.24) is 0 Å². The van der Waals surface area contributed by atoms with E-state index in [4.69, 9.17) is 0 Å². The van der Waals surface area contributed by atoms with E-state index in [-0.39, 0.29) is 6.10 Å². The average molecular weight is 194 g/mol. The second-order valence-electron chi connectivity index (χ2n) is 6.36. The summed E-state index contributed by atoms with van der Waals surface area (Å²) < 4.78 is 0. The maximum absolute atomic E-state index is 9.91. The van der Waals surface area contributed by atoms with Crippen molar-refractivity contribution in [3.05, 3.63) is 0 Å². The van der Waals surface area contributed by atoms with E-state index in [0.29, 0.717) is 11.3 Å². The van der Waals surface area contributed by atoms with Crippen LogP contribution in [0.15, 0.2) is 0 Å². The van der Waals surface area contributed by atoms with Gasteiger partial charge in [0.1, 0.15) is 0 Å². The fraction of sp³-hybridized carbons (Fsp3) is 1.00. The van der Waals surface area contributed by atoms with E-state index in [0.717, 1.165) is 24.2 Å². The standard InChI is InChI=1S/C13H22O/c1-3-13(2)6-10-8-4-9(11(10)7-13)12(14)5-8/h8-12,14H,3-7H2,1-2H3. The van der Waals surface area contributed by atoms with E-state index in [1.807, 2.05) is 0 Å². The molecule has 6 unspecified atom stereocenters. The first-order valence-corrected chi connectivity index (χ1v) is 6.31. The molecule has 3 rings (SSSR count). The summed E-state index contributed by atoms with van der Waals surface area (Å²) in [6.07, 6.45) is 6.69. The summed E-state index contributed by atoms with van der Waals surface area (Å²) in [5.41, 5.74) is 0.607. The Morgan fingerprint density at radius 3 is 2.57 bits per heavy atom. The van der Waals surface area contributed by atoms with E-state index in [9.17, 15) is 5.11 Å². The lowest BCUT2D eigenvalue weighted by Gasteiger charge is -2.28. The highest BCUT2D eigenvalue weighted by Gasteiger charge is 2.57. The summed E-state index contributed by atoms with van der Waals surface area (Å²) in [5.74, 6) is 3.42. The molecule has 0 amide bonds. The molecule has 1 heteroatoms. The third kappa shape index (κ3) is 1.05. The van der Waals surface area contributed by atoms with E-state index in [1.54, 1.807) is 0 Å². The Morgan fingerprint density at radius 2 is 1.86 bits per heavy atom. The van der Waals surface area contributed by atoms with Crippen LogP contribution in [0.3, 0.4) is 0 Å². The molecule has 0 spiro atoms. The summed E-state index contributed by atoms with van der Waals surface area (Å²) in [6.45, 7) is 4.79. The zero-order valence-corrected chi connectivity index (χ0v) is 9.37. The largest absolute Gasteiger partial charge is 0.393 e. The number of aliphatic hydroxyl groups is 1. The van der Waals surface area contributed by atoms with Crippen LogP contribution >= 0.6 is 0 Å². The molecule has 2 bridgehead atoms. The number of hydrogen-bond acceptors (Lipinski definition) is 1. The van der Waals surface area contributed by atoms with Crippen molar-refractivity contribution in [1.29, 1.82) is 0 Å². The summed E-state index contributed by atoms with van der Waals surface area (Å²) in [7, 11) is 0. The van der Waals surface area contributed by atoms with Crippen LogP contribution < -0.4 is 0 Å². The van der Waals surface area contributed by atoms with Gasteiger partial charge in [-0.2, -0.15) is 0 Å². The molecule has 3 fully saturated rings. The topological polar surface area (TPSA) is 20.2 Å². The molecule has 1 N–H and O–H groups in total. The minimum atomic E-state index is 0.0560. The molecular weight excluding hydrogens is 172 g/mol. The van der Waals surface area contributed by atoms with Crippen molar-refractivity contribution in [3.63, 3.8) is 0 Å². The van der Waals surface area contributed by atoms with Crippen molar-refractivity contribution in [3.8, 4) is 0 Å². The van der Waals surface area contributed by atoms with Crippen molar-refractivity contribution >= 4 is 0 Å². The number of hydrogen-bond donors (Lipinski definition) is 1. The predicted octanol–water partition coefficient (Wildman–Crippen LogP) is 2.83. The van der Waals surface area contributed by atoms with E-state index >= 15 is 0 Å². The van der Waals surface area contributed by atoms with Gasteiger partial charge in [0.05, 0.1) is 6.10 Å². The van der Waals surface area contributed by atoms with Crippen LogP contribution in [0.4, 0.5) is 0 Å². The molecule has 3 aliphatic rings. The predicted molar refractivity (Wildman–Crippen MR) is 56.8 cm³/mol. The van der Waals surface area contributed by atoms with Gasteiger partial charge in [-0.05, 0) is 54.8 Å². The maximum Gasteiger partial charge on any atom is 0.0574 e. The molecule has 14 heavy (non-hydrogen) atoms. The first kappa shape index (κ1) is 9.21. The van der Waals surface area contributed by atoms with Crippen molar-refractivity contribution in [2.24, 2.45) is 29.1 Å². The van der Waals surface area contributed by atoms with Crippen LogP contribution in [-0.4, -0.2) is 11.2 Å². The SMILES string of the molecule is CCC1(C)CC2C3CC(O)C(C3)C2C1. The minimum absolute atomic E-state index is 0.0560. The summed E-state index contributed by atoms with van der Waals surface area (Å²) in [5, 5.41) is 9.91. The molecule has 0 radical (unpaired) electrons. The number of aliphatic hydroxyl groups excluding tert-OH is 1. The first-order chi connectivity index (χ1) is 6.63. The molecule has 3 saturated carbocycles. The van der Waals surface area contributed by atoms with Gasteiger partial charge in [0.15, 0.2) is 0 Å². The summed E-state index contributed by atoms with van der Waals surface area (Å²) in [4.78, 5) is 0. The highest BCUT2D eigenvalue weighted by Crippen LogP contribution is 2.63. The Morgan fingerprint density at radius 1 is 1.14 bits per heavy atom. The average Bonchev–Trinajstić information content (AvgIpc) is 2.74. The monoisotopic (exact) mass is 194 g/mol. The molecule has 0 aliphatic heterocycles. The van der Waals surface area contributed by atoms with E-state index in [1.165, 1.54) is 25.7 Å². The Bertz CT molecular complexity index is 250. The zero-order valence-electron chi connectivity index (χ0n) is 9.37.